The first kappa shape index (κ1) is 59.7. The number of rotatable bonds is 28. The maximum absolute atomic E-state index is 14.7. The van der Waals surface area contributed by atoms with Crippen molar-refractivity contribution in [3.63, 3.8) is 0 Å². The molecule has 5 rings (SSSR count). The van der Waals surface area contributed by atoms with Crippen molar-refractivity contribution >= 4 is 53.2 Å². The molecule has 0 spiro atoms. The van der Waals surface area contributed by atoms with Crippen LogP contribution in [0.15, 0.2) is 115 Å². The second-order valence-electron chi connectivity index (χ2n) is 18.9. The molecule has 1 aliphatic rings. The number of carbonyl (C=O) groups excluding carboxylic acids is 8. The highest BCUT2D eigenvalue weighted by atomic mass is 16.4. The summed E-state index contributed by atoms with van der Waals surface area (Å²) in [4.78, 5) is 124. The molecule has 1 heterocycles. The van der Waals surface area contributed by atoms with Crippen LogP contribution in [0.3, 0.4) is 0 Å². The van der Waals surface area contributed by atoms with Crippen LogP contribution in [-0.2, 0) is 68.8 Å². The molecule has 22 heteroatoms. The molecule has 13 N–H and O–H groups in total. The molecule has 1 aliphatic heterocycles. The van der Waals surface area contributed by atoms with Gasteiger partial charge in [-0.2, -0.15) is 0 Å². The third-order valence-electron chi connectivity index (χ3n) is 12.8. The lowest BCUT2D eigenvalue weighted by Crippen LogP contribution is -2.62. The van der Waals surface area contributed by atoms with Crippen LogP contribution in [0.2, 0.25) is 0 Å². The number of carbonyl (C=O) groups is 9. The molecule has 0 radical (unpaired) electrons. The van der Waals surface area contributed by atoms with Crippen LogP contribution in [-0.4, -0.2) is 153 Å². The Hall–Kier alpha value is -8.21. The van der Waals surface area contributed by atoms with Crippen LogP contribution < -0.4 is 43.0 Å². The van der Waals surface area contributed by atoms with Gasteiger partial charge in [-0.1, -0.05) is 103 Å². The number of aromatic hydroxyl groups is 1. The predicted octanol–water partition coefficient (Wildman–Crippen LogP) is -0.736. The van der Waals surface area contributed by atoms with Gasteiger partial charge in [0.1, 0.15) is 42.0 Å². The molecule has 22 nitrogen and oxygen atoms in total. The Morgan fingerprint density at radius 1 is 0.571 bits per heavy atom. The van der Waals surface area contributed by atoms with Crippen LogP contribution in [0.5, 0.6) is 5.75 Å². The van der Waals surface area contributed by atoms with Gasteiger partial charge in [0.2, 0.25) is 47.3 Å². The van der Waals surface area contributed by atoms with E-state index in [-0.39, 0.29) is 63.8 Å². The van der Waals surface area contributed by atoms with Gasteiger partial charge in [-0.25, -0.2) is 4.79 Å². The summed E-state index contributed by atoms with van der Waals surface area (Å²) in [6.45, 7) is 2.08. The lowest BCUT2D eigenvalue weighted by Gasteiger charge is -2.32. The van der Waals surface area contributed by atoms with Crippen LogP contribution in [0.4, 0.5) is 0 Å². The van der Waals surface area contributed by atoms with E-state index in [4.69, 9.17) is 5.73 Å². The first-order valence-corrected chi connectivity index (χ1v) is 25.4. The van der Waals surface area contributed by atoms with E-state index in [0.29, 0.717) is 23.1 Å². The Kier molecular flexibility index (Phi) is 23.1. The minimum atomic E-state index is -1.70. The number of aliphatic carboxylic acids is 1. The minimum Gasteiger partial charge on any atom is -0.508 e. The molecule has 0 aliphatic carbocycles. The van der Waals surface area contributed by atoms with Crippen molar-refractivity contribution < 1.29 is 63.6 Å². The van der Waals surface area contributed by atoms with Crippen molar-refractivity contribution in [3.8, 4) is 5.75 Å². The van der Waals surface area contributed by atoms with E-state index >= 15 is 0 Å². The third-order valence-corrected chi connectivity index (χ3v) is 12.8. The van der Waals surface area contributed by atoms with E-state index in [1.807, 2.05) is 6.07 Å². The van der Waals surface area contributed by atoms with E-state index in [1.54, 1.807) is 84.9 Å². The maximum Gasteiger partial charge on any atom is 0.328 e. The first-order valence-electron chi connectivity index (χ1n) is 25.4. The molecule has 9 atom stereocenters. The Morgan fingerprint density at radius 3 is 1.52 bits per heavy atom. The smallest absolute Gasteiger partial charge is 0.328 e. The van der Waals surface area contributed by atoms with Gasteiger partial charge in [0.05, 0.1) is 25.2 Å². The van der Waals surface area contributed by atoms with Gasteiger partial charge in [-0.15, -0.1) is 0 Å². The van der Waals surface area contributed by atoms with Gasteiger partial charge in [0.25, 0.3) is 0 Å². The van der Waals surface area contributed by atoms with Gasteiger partial charge in [0, 0.05) is 25.8 Å². The number of nitrogens with one attached hydrogen (secondary N) is 7. The van der Waals surface area contributed by atoms with Crippen molar-refractivity contribution in [2.45, 2.75) is 120 Å². The highest BCUT2D eigenvalue weighted by molar-refractivity contribution is 5.98. The number of amides is 8. The molecule has 1 fully saturated rings. The van der Waals surface area contributed by atoms with Gasteiger partial charge in [-0.3, -0.25) is 38.4 Å². The molecular formula is C55H69N9O13. The van der Waals surface area contributed by atoms with Crippen LogP contribution in [0, 0.1) is 0 Å². The topological polar surface area (TPSA) is 348 Å². The zero-order chi connectivity index (χ0) is 56.0. The van der Waals surface area contributed by atoms with Crippen LogP contribution >= 0.6 is 0 Å². The zero-order valence-corrected chi connectivity index (χ0v) is 42.9. The number of nitrogens with two attached hydrogens (primary N) is 1. The van der Waals surface area contributed by atoms with E-state index in [2.05, 4.69) is 37.2 Å². The molecule has 412 valence electrons. The molecule has 77 heavy (non-hydrogen) atoms. The van der Waals surface area contributed by atoms with Gasteiger partial charge >= 0.3 is 5.97 Å². The Bertz CT molecular complexity index is 2630. The average Bonchev–Trinajstić information content (AvgIpc) is 3.91. The standard InChI is InChI=1S/C55H69N9O13/c1-33(65)47(54(75)64-27-13-21-44(64)53(74)59-40(20-12-26-56)49(70)63-48(34(2)66)55(76)77)62-52(73)43(30-38-22-24-39(67)25-23-38)61-51(72)42(29-36-16-8-4-9-17-36)60-50(71)41(28-35-14-6-3-7-15-35)58-46(69)32-57-45(68)31-37-18-10-5-11-19-37/h3-11,14-19,22-25,33-34,40-44,47-48,65-67H,12-13,20-21,26-32,56H2,1-2H3,(H,57,68)(H,58,69)(H,59,74)(H,60,71)(H,61,72)(H,62,73)(H,63,70)(H,76,77)/t33-,34-,40+,41+,42+,43+,44+,47+,48+/m1/s1. The number of hydrogen-bond acceptors (Lipinski definition) is 13. The number of hydrogen-bond donors (Lipinski definition) is 12. The molecule has 4 aromatic rings. The summed E-state index contributed by atoms with van der Waals surface area (Å²) >= 11 is 0. The van der Waals surface area contributed by atoms with Crippen LogP contribution in [0.1, 0.15) is 61.8 Å². The number of aliphatic hydroxyl groups excluding tert-OH is 2. The zero-order valence-electron chi connectivity index (χ0n) is 42.9. The average molecular weight is 1060 g/mol. The Morgan fingerprint density at radius 2 is 1.03 bits per heavy atom. The number of phenols is 1. The third kappa shape index (κ3) is 18.8. The highest BCUT2D eigenvalue weighted by Crippen LogP contribution is 2.21. The summed E-state index contributed by atoms with van der Waals surface area (Å²) in [6.07, 6.45) is -2.74. The monoisotopic (exact) mass is 1060 g/mol. The maximum atomic E-state index is 14.7. The summed E-state index contributed by atoms with van der Waals surface area (Å²) in [5, 5.41) is 58.7. The molecule has 1 saturated heterocycles. The van der Waals surface area contributed by atoms with E-state index in [9.17, 15) is 63.6 Å². The Balaban J connectivity index is 1.37. The second-order valence-corrected chi connectivity index (χ2v) is 18.9. The molecule has 0 bridgehead atoms. The van der Waals surface area contributed by atoms with Crippen molar-refractivity contribution in [2.24, 2.45) is 5.73 Å². The summed E-state index contributed by atoms with van der Waals surface area (Å²) in [7, 11) is 0. The molecule has 0 aromatic heterocycles. The fourth-order valence-electron chi connectivity index (χ4n) is 8.63. The van der Waals surface area contributed by atoms with Gasteiger partial charge < -0.3 is 68.3 Å². The minimum absolute atomic E-state index is 0.00193. The molecule has 0 saturated carbocycles. The number of carboxylic acids is 1. The van der Waals surface area contributed by atoms with Crippen LogP contribution in [0.25, 0.3) is 0 Å². The highest BCUT2D eigenvalue weighted by Gasteiger charge is 2.42. The SMILES string of the molecule is C[C@@H](O)[C@H](NC(=O)[C@H](CCCN)NC(=O)[C@@H]1CCCN1C(=O)[C@@H](NC(=O)[C@H](Cc1ccc(O)cc1)NC(=O)[C@H](Cc1ccccc1)NC(=O)[C@H](Cc1ccccc1)NC(=O)CNC(=O)Cc1ccccc1)[C@@H](C)O)C(=O)O. The van der Waals surface area contributed by atoms with E-state index in [1.165, 1.54) is 38.1 Å². The normalized spacial score (nSPS) is 16.1. The number of aliphatic hydroxyl groups is 2. The number of nitrogens with zero attached hydrogens (tertiary/aromatic N) is 1. The van der Waals surface area contributed by atoms with Crippen molar-refractivity contribution in [2.75, 3.05) is 19.6 Å². The summed E-state index contributed by atoms with van der Waals surface area (Å²) in [5.74, 6) is -7.85. The number of likely N-dealkylation sites (tertiary alicyclic amines) is 1. The molecule has 0 unspecified atom stereocenters. The fourth-order valence-corrected chi connectivity index (χ4v) is 8.63. The summed E-state index contributed by atoms with van der Waals surface area (Å²) in [5.41, 5.74) is 8.12. The summed E-state index contributed by atoms with van der Waals surface area (Å²) in [6, 6.07) is 22.0. The molecule has 4 aromatic carbocycles. The fraction of sp³-hybridized carbons (Fsp3) is 0.400. The quantitative estimate of drug-likeness (QED) is 0.0334. The van der Waals surface area contributed by atoms with E-state index in [0.717, 1.165) is 10.5 Å². The largest absolute Gasteiger partial charge is 0.508 e. The number of carboxylic acid groups (broad SMARTS) is 1. The van der Waals surface area contributed by atoms with Crippen molar-refractivity contribution in [3.05, 3.63) is 138 Å². The molecule has 8 amide bonds. The van der Waals surface area contributed by atoms with Crippen molar-refractivity contribution in [1.82, 2.24) is 42.1 Å². The van der Waals surface area contributed by atoms with Gasteiger partial charge in [0.15, 0.2) is 6.04 Å². The lowest BCUT2D eigenvalue weighted by atomic mass is 10.0. The van der Waals surface area contributed by atoms with E-state index < -0.39 is 114 Å². The number of phenolic OH excluding ortho intramolecular Hbond substituents is 1. The van der Waals surface area contributed by atoms with Crippen molar-refractivity contribution in [1.29, 1.82) is 0 Å². The lowest BCUT2D eigenvalue weighted by molar-refractivity contribution is -0.146. The number of benzene rings is 4. The molecular weight excluding hydrogens is 995 g/mol. The summed E-state index contributed by atoms with van der Waals surface area (Å²) < 4.78 is 0. The second kappa shape index (κ2) is 29.8. The predicted molar refractivity (Wildman–Crippen MR) is 281 cm³/mol. The Labute approximate surface area is 445 Å². The van der Waals surface area contributed by atoms with Gasteiger partial charge in [-0.05, 0) is 80.5 Å². The first-order chi connectivity index (χ1) is 36.8.